The number of nitro groups is 1. The SMILES string of the molecule is C[C@@H]1CCCCN1S(=O)(=O)c1ccc(C(=O)Nc2cc3c(cc2[N+](=O)[O-])OCCO3)cc1. The number of sulfonamides is 1. The van der Waals surface area contributed by atoms with Crippen molar-refractivity contribution in [2.75, 3.05) is 25.1 Å². The largest absolute Gasteiger partial charge is 0.486 e. The quantitative estimate of drug-likeness (QED) is 0.535. The topological polar surface area (TPSA) is 128 Å². The van der Waals surface area contributed by atoms with Crippen molar-refractivity contribution in [1.29, 1.82) is 0 Å². The summed E-state index contributed by atoms with van der Waals surface area (Å²) in [5.41, 5.74) is -0.205. The molecule has 2 aromatic rings. The summed E-state index contributed by atoms with van der Waals surface area (Å²) < 4.78 is 38.2. The molecule has 1 saturated heterocycles. The predicted molar refractivity (Wildman–Crippen MR) is 116 cm³/mol. The van der Waals surface area contributed by atoms with Crippen molar-refractivity contribution in [3.63, 3.8) is 0 Å². The highest BCUT2D eigenvalue weighted by atomic mass is 32.2. The number of rotatable bonds is 5. The van der Waals surface area contributed by atoms with E-state index in [2.05, 4.69) is 5.32 Å². The van der Waals surface area contributed by atoms with E-state index in [0.717, 1.165) is 19.3 Å². The molecule has 2 aromatic carbocycles. The summed E-state index contributed by atoms with van der Waals surface area (Å²) in [4.78, 5) is 23.6. The summed E-state index contributed by atoms with van der Waals surface area (Å²) in [6, 6.07) is 8.02. The van der Waals surface area contributed by atoms with Gasteiger partial charge < -0.3 is 14.8 Å². The molecule has 4 rings (SSSR count). The fourth-order valence-corrected chi connectivity index (χ4v) is 5.57. The van der Waals surface area contributed by atoms with Crippen molar-refractivity contribution in [3.05, 3.63) is 52.1 Å². The van der Waals surface area contributed by atoms with Gasteiger partial charge in [0.05, 0.1) is 15.9 Å². The predicted octanol–water partition coefficient (Wildman–Crippen LogP) is 3.18. The molecule has 32 heavy (non-hydrogen) atoms. The second-order valence-electron chi connectivity index (χ2n) is 7.71. The number of hydrogen-bond acceptors (Lipinski definition) is 7. The Labute approximate surface area is 185 Å². The molecule has 1 fully saturated rings. The molecule has 0 aromatic heterocycles. The highest BCUT2D eigenvalue weighted by Crippen LogP contribution is 2.39. The monoisotopic (exact) mass is 461 g/mol. The van der Waals surface area contributed by atoms with E-state index < -0.39 is 20.9 Å². The molecule has 11 heteroatoms. The van der Waals surface area contributed by atoms with Gasteiger partial charge in [0.2, 0.25) is 10.0 Å². The molecule has 0 unspecified atom stereocenters. The van der Waals surface area contributed by atoms with E-state index in [-0.39, 0.29) is 40.2 Å². The second-order valence-corrected chi connectivity index (χ2v) is 9.60. The van der Waals surface area contributed by atoms with E-state index in [1.807, 2.05) is 6.92 Å². The lowest BCUT2D eigenvalue weighted by molar-refractivity contribution is -0.384. The van der Waals surface area contributed by atoms with E-state index in [1.54, 1.807) is 0 Å². The number of hydrogen-bond donors (Lipinski definition) is 1. The fraction of sp³-hybridized carbons (Fsp3) is 0.381. The van der Waals surface area contributed by atoms with Gasteiger partial charge in [-0.1, -0.05) is 6.42 Å². The van der Waals surface area contributed by atoms with Crippen LogP contribution in [0, 0.1) is 10.1 Å². The minimum atomic E-state index is -3.66. The number of nitrogens with zero attached hydrogens (tertiary/aromatic N) is 2. The molecule has 1 N–H and O–H groups in total. The molecule has 10 nitrogen and oxygen atoms in total. The number of benzene rings is 2. The number of carbonyl (C=O) groups excluding carboxylic acids is 1. The van der Waals surface area contributed by atoms with Crippen LogP contribution >= 0.6 is 0 Å². The van der Waals surface area contributed by atoms with Gasteiger partial charge in [-0.15, -0.1) is 0 Å². The van der Waals surface area contributed by atoms with Crippen LogP contribution in [-0.4, -0.2) is 49.4 Å². The summed E-state index contributed by atoms with van der Waals surface area (Å²) in [7, 11) is -3.66. The zero-order valence-corrected chi connectivity index (χ0v) is 18.3. The maximum atomic E-state index is 13.0. The summed E-state index contributed by atoms with van der Waals surface area (Å²) in [6.45, 7) is 2.93. The van der Waals surface area contributed by atoms with E-state index in [4.69, 9.17) is 9.47 Å². The van der Waals surface area contributed by atoms with Gasteiger partial charge >= 0.3 is 0 Å². The molecular formula is C21H23N3O7S. The van der Waals surface area contributed by atoms with Crippen LogP contribution in [0.25, 0.3) is 0 Å². The summed E-state index contributed by atoms with van der Waals surface area (Å²) in [5, 5.41) is 14.0. The average molecular weight is 461 g/mol. The minimum Gasteiger partial charge on any atom is -0.486 e. The molecule has 2 heterocycles. The molecule has 0 spiro atoms. The number of ether oxygens (including phenoxy) is 2. The smallest absolute Gasteiger partial charge is 0.296 e. The Balaban J connectivity index is 1.55. The van der Waals surface area contributed by atoms with Gasteiger partial charge in [0.25, 0.3) is 11.6 Å². The second kappa shape index (κ2) is 8.75. The maximum Gasteiger partial charge on any atom is 0.296 e. The number of piperidine rings is 1. The van der Waals surface area contributed by atoms with Crippen molar-refractivity contribution >= 4 is 27.3 Å². The number of nitro benzene ring substituents is 1. The van der Waals surface area contributed by atoms with Crippen LogP contribution in [-0.2, 0) is 10.0 Å². The third-order valence-corrected chi connectivity index (χ3v) is 7.60. The summed E-state index contributed by atoms with van der Waals surface area (Å²) in [6.07, 6.45) is 2.63. The first-order valence-electron chi connectivity index (χ1n) is 10.3. The zero-order chi connectivity index (χ0) is 22.9. The van der Waals surface area contributed by atoms with Gasteiger partial charge in [-0.2, -0.15) is 4.31 Å². The fourth-order valence-electron chi connectivity index (χ4n) is 3.87. The van der Waals surface area contributed by atoms with Crippen LogP contribution in [0.4, 0.5) is 11.4 Å². The zero-order valence-electron chi connectivity index (χ0n) is 17.4. The van der Waals surface area contributed by atoms with Gasteiger partial charge in [0.15, 0.2) is 11.5 Å². The highest BCUT2D eigenvalue weighted by molar-refractivity contribution is 7.89. The molecule has 0 aliphatic carbocycles. The van der Waals surface area contributed by atoms with Gasteiger partial charge in [0.1, 0.15) is 18.9 Å². The van der Waals surface area contributed by atoms with Crippen LogP contribution in [0.5, 0.6) is 11.5 Å². The van der Waals surface area contributed by atoms with E-state index in [9.17, 15) is 23.3 Å². The Morgan fingerprint density at radius 1 is 1.12 bits per heavy atom. The molecule has 0 saturated carbocycles. The molecule has 0 radical (unpaired) electrons. The Hall–Kier alpha value is -3.18. The third kappa shape index (κ3) is 4.26. The van der Waals surface area contributed by atoms with E-state index in [0.29, 0.717) is 18.9 Å². The lowest BCUT2D eigenvalue weighted by Crippen LogP contribution is -2.41. The van der Waals surface area contributed by atoms with Gasteiger partial charge in [0, 0.05) is 24.2 Å². The summed E-state index contributed by atoms with van der Waals surface area (Å²) in [5.74, 6) is -0.0724. The minimum absolute atomic E-state index is 0.0388. The standard InChI is InChI=1S/C21H23N3O7S/c1-14-4-2-3-9-23(14)32(28,29)16-7-5-15(6-8-16)21(25)22-17-12-19-20(31-11-10-30-19)13-18(17)24(26)27/h5-8,12-14H,2-4,9-11H2,1H3,(H,22,25)/t14-/m1/s1. The number of nitrogens with one attached hydrogen (secondary N) is 1. The molecule has 2 aliphatic rings. The van der Waals surface area contributed by atoms with Crippen LogP contribution < -0.4 is 14.8 Å². The molecule has 0 bridgehead atoms. The first-order chi connectivity index (χ1) is 15.3. The Morgan fingerprint density at radius 2 is 1.78 bits per heavy atom. The Kier molecular flexibility index (Phi) is 6.02. The number of carbonyl (C=O) groups is 1. The first kappa shape index (κ1) is 22.0. The number of amides is 1. The molecule has 170 valence electrons. The average Bonchev–Trinajstić information content (AvgIpc) is 2.78. The molecule has 1 amide bonds. The van der Waals surface area contributed by atoms with E-state index in [1.165, 1.54) is 40.7 Å². The van der Waals surface area contributed by atoms with Gasteiger partial charge in [-0.3, -0.25) is 14.9 Å². The van der Waals surface area contributed by atoms with Crippen LogP contribution in [0.2, 0.25) is 0 Å². The van der Waals surface area contributed by atoms with Crippen molar-refractivity contribution in [1.82, 2.24) is 4.31 Å². The molecular weight excluding hydrogens is 438 g/mol. The van der Waals surface area contributed by atoms with Crippen molar-refractivity contribution < 1.29 is 27.6 Å². The Bertz CT molecular complexity index is 1150. The Morgan fingerprint density at radius 3 is 2.41 bits per heavy atom. The third-order valence-electron chi connectivity index (χ3n) is 5.57. The van der Waals surface area contributed by atoms with Crippen molar-refractivity contribution in [2.45, 2.75) is 37.1 Å². The van der Waals surface area contributed by atoms with Crippen molar-refractivity contribution in [2.24, 2.45) is 0 Å². The highest BCUT2D eigenvalue weighted by Gasteiger charge is 2.31. The lowest BCUT2D eigenvalue weighted by atomic mass is 10.1. The van der Waals surface area contributed by atoms with E-state index >= 15 is 0 Å². The number of fused-ring (bicyclic) bond motifs is 1. The lowest BCUT2D eigenvalue weighted by Gasteiger charge is -2.32. The van der Waals surface area contributed by atoms with Gasteiger partial charge in [-0.25, -0.2) is 8.42 Å². The van der Waals surface area contributed by atoms with Crippen LogP contribution in [0.1, 0.15) is 36.5 Å². The number of anilines is 1. The van der Waals surface area contributed by atoms with Crippen LogP contribution in [0.3, 0.4) is 0 Å². The summed E-state index contributed by atoms with van der Waals surface area (Å²) >= 11 is 0. The molecule has 1 atom stereocenters. The van der Waals surface area contributed by atoms with Crippen molar-refractivity contribution in [3.8, 4) is 11.5 Å². The first-order valence-corrected chi connectivity index (χ1v) is 11.7. The van der Waals surface area contributed by atoms with Gasteiger partial charge in [-0.05, 0) is 44.0 Å². The molecule has 2 aliphatic heterocycles. The van der Waals surface area contributed by atoms with Crippen LogP contribution in [0.15, 0.2) is 41.3 Å². The normalized spacial score (nSPS) is 18.7. The maximum absolute atomic E-state index is 13.0.